The molecule has 0 spiro atoms. The molecule has 5 heteroatoms. The van der Waals surface area contributed by atoms with E-state index in [0.29, 0.717) is 6.04 Å². The molecule has 2 aromatic carbocycles. The van der Waals surface area contributed by atoms with Crippen molar-refractivity contribution in [3.63, 3.8) is 0 Å². The lowest BCUT2D eigenvalue weighted by Gasteiger charge is -2.25. The van der Waals surface area contributed by atoms with E-state index in [4.69, 9.17) is 9.97 Å². The number of nitrogens with one attached hydrogen (secondary N) is 1. The fraction of sp³-hybridized carbons (Fsp3) is 0.304. The number of fused-ring (bicyclic) bond motifs is 1. The van der Waals surface area contributed by atoms with Crippen molar-refractivity contribution in [1.29, 1.82) is 0 Å². The van der Waals surface area contributed by atoms with E-state index in [0.717, 1.165) is 42.5 Å². The number of hydrogen-bond acceptors (Lipinski definition) is 5. The van der Waals surface area contributed by atoms with Crippen molar-refractivity contribution in [2.24, 2.45) is 0 Å². The molecule has 4 rings (SSSR count). The molecular weight excluding hydrogens is 346 g/mol. The minimum atomic E-state index is 0.366. The Kier molecular flexibility index (Phi) is 5.26. The molecule has 3 aromatic rings. The fourth-order valence-electron chi connectivity index (χ4n) is 3.69. The minimum Gasteiger partial charge on any atom is -0.369 e. The van der Waals surface area contributed by atoms with Gasteiger partial charge in [-0.3, -0.25) is 0 Å². The van der Waals surface area contributed by atoms with Crippen LogP contribution in [0.3, 0.4) is 0 Å². The number of nitrogens with zero attached hydrogens (tertiary/aromatic N) is 4. The van der Waals surface area contributed by atoms with Crippen molar-refractivity contribution in [2.75, 3.05) is 37.4 Å². The fourth-order valence-corrected chi connectivity index (χ4v) is 3.69. The predicted octanol–water partition coefficient (Wildman–Crippen LogP) is 4.20. The molecule has 0 saturated carbocycles. The predicted molar refractivity (Wildman–Crippen MR) is 116 cm³/mol. The van der Waals surface area contributed by atoms with Gasteiger partial charge in [-0.05, 0) is 39.1 Å². The van der Waals surface area contributed by atoms with Crippen LogP contribution in [0.4, 0.5) is 17.3 Å². The Labute approximate surface area is 167 Å². The van der Waals surface area contributed by atoms with Crippen LogP contribution in [0.1, 0.15) is 12.5 Å². The monoisotopic (exact) mass is 373 g/mol. The summed E-state index contributed by atoms with van der Waals surface area (Å²) in [5.41, 5.74) is 3.64. The first-order valence-corrected chi connectivity index (χ1v) is 9.82. The van der Waals surface area contributed by atoms with Gasteiger partial charge < -0.3 is 15.1 Å². The first kappa shape index (κ1) is 18.4. The smallest absolute Gasteiger partial charge is 0.163 e. The number of benzene rings is 2. The van der Waals surface area contributed by atoms with E-state index in [1.807, 2.05) is 18.2 Å². The van der Waals surface area contributed by atoms with E-state index < -0.39 is 0 Å². The molecule has 1 atom stereocenters. The van der Waals surface area contributed by atoms with Gasteiger partial charge in [-0.2, -0.15) is 0 Å². The number of aromatic nitrogens is 2. The van der Waals surface area contributed by atoms with E-state index in [1.165, 1.54) is 11.3 Å². The van der Waals surface area contributed by atoms with Gasteiger partial charge in [-0.25, -0.2) is 9.97 Å². The average Bonchev–Trinajstić information content (AvgIpc) is 3.04. The molecule has 0 radical (unpaired) electrons. The van der Waals surface area contributed by atoms with Crippen molar-refractivity contribution in [3.8, 4) is 11.4 Å². The lowest BCUT2D eigenvalue weighted by molar-refractivity contribution is 0.425. The lowest BCUT2D eigenvalue weighted by atomic mass is 10.1. The zero-order chi connectivity index (χ0) is 19.5. The number of para-hydroxylation sites is 1. The van der Waals surface area contributed by atoms with E-state index in [2.05, 4.69) is 78.6 Å². The summed E-state index contributed by atoms with van der Waals surface area (Å²) in [6, 6.07) is 21.2. The van der Waals surface area contributed by atoms with Crippen LogP contribution >= 0.6 is 0 Å². The molecule has 1 aliphatic rings. The third kappa shape index (κ3) is 3.85. The third-order valence-corrected chi connectivity index (χ3v) is 5.06. The molecule has 5 nitrogen and oxygen atoms in total. The van der Waals surface area contributed by atoms with E-state index in [1.54, 1.807) is 0 Å². The van der Waals surface area contributed by atoms with E-state index in [-0.39, 0.29) is 0 Å². The first-order valence-electron chi connectivity index (χ1n) is 9.82. The number of anilines is 3. The average molecular weight is 374 g/mol. The summed E-state index contributed by atoms with van der Waals surface area (Å²) in [6.07, 6.45) is 1.03. The van der Waals surface area contributed by atoms with Crippen LogP contribution in [0.2, 0.25) is 0 Å². The molecule has 144 valence electrons. The highest BCUT2D eigenvalue weighted by atomic mass is 15.2. The largest absolute Gasteiger partial charge is 0.369 e. The Balaban J connectivity index is 1.74. The van der Waals surface area contributed by atoms with Crippen molar-refractivity contribution in [2.45, 2.75) is 19.4 Å². The normalized spacial score (nSPS) is 15.7. The van der Waals surface area contributed by atoms with Gasteiger partial charge in [-0.15, -0.1) is 0 Å². The van der Waals surface area contributed by atoms with Crippen LogP contribution in [-0.4, -0.2) is 48.1 Å². The van der Waals surface area contributed by atoms with Crippen LogP contribution in [-0.2, 0) is 6.42 Å². The van der Waals surface area contributed by atoms with E-state index >= 15 is 0 Å². The third-order valence-electron chi connectivity index (χ3n) is 5.06. The molecule has 0 fully saturated rings. The Morgan fingerprint density at radius 2 is 1.79 bits per heavy atom. The molecule has 1 aromatic heterocycles. The summed E-state index contributed by atoms with van der Waals surface area (Å²) in [6.45, 7) is 4.04. The number of likely N-dealkylation sites (N-methyl/N-ethyl adjacent to an activating group) is 1. The molecule has 1 aliphatic heterocycles. The van der Waals surface area contributed by atoms with E-state index in [9.17, 15) is 0 Å². The lowest BCUT2D eigenvalue weighted by Crippen LogP contribution is -2.26. The SMILES string of the molecule is CC1Cc2ccccc2N1c1cc(NCCN(C)C)nc(-c2ccccc2)n1. The molecular formula is C23H27N5. The van der Waals surface area contributed by atoms with Gasteiger partial charge in [0, 0.05) is 36.4 Å². The number of rotatable bonds is 6. The second-order valence-corrected chi connectivity index (χ2v) is 7.58. The van der Waals surface area contributed by atoms with Gasteiger partial charge >= 0.3 is 0 Å². The van der Waals surface area contributed by atoms with Crippen molar-refractivity contribution in [3.05, 3.63) is 66.2 Å². The maximum atomic E-state index is 4.94. The van der Waals surface area contributed by atoms with Crippen LogP contribution in [0.5, 0.6) is 0 Å². The summed E-state index contributed by atoms with van der Waals surface area (Å²) >= 11 is 0. The molecule has 0 aliphatic carbocycles. The Morgan fingerprint density at radius 3 is 2.57 bits per heavy atom. The highest BCUT2D eigenvalue weighted by Gasteiger charge is 2.28. The highest BCUT2D eigenvalue weighted by molar-refractivity contribution is 5.72. The van der Waals surface area contributed by atoms with Crippen molar-refractivity contribution >= 4 is 17.3 Å². The van der Waals surface area contributed by atoms with Crippen LogP contribution in [0.25, 0.3) is 11.4 Å². The quantitative estimate of drug-likeness (QED) is 0.702. The molecule has 0 bridgehead atoms. The summed E-state index contributed by atoms with van der Waals surface area (Å²) in [5, 5.41) is 3.47. The van der Waals surface area contributed by atoms with Gasteiger partial charge in [0.2, 0.25) is 0 Å². The maximum Gasteiger partial charge on any atom is 0.163 e. The Bertz CT molecular complexity index is 939. The molecule has 0 saturated heterocycles. The second-order valence-electron chi connectivity index (χ2n) is 7.58. The van der Waals surface area contributed by atoms with Crippen molar-refractivity contribution in [1.82, 2.24) is 14.9 Å². The van der Waals surface area contributed by atoms with Gasteiger partial charge in [0.05, 0.1) is 0 Å². The van der Waals surface area contributed by atoms with Crippen molar-refractivity contribution < 1.29 is 0 Å². The summed E-state index contributed by atoms with van der Waals surface area (Å²) in [7, 11) is 4.15. The van der Waals surface area contributed by atoms with Gasteiger partial charge in [-0.1, -0.05) is 48.5 Å². The van der Waals surface area contributed by atoms with Gasteiger partial charge in [0.1, 0.15) is 11.6 Å². The van der Waals surface area contributed by atoms with Gasteiger partial charge in [0.15, 0.2) is 5.82 Å². The molecule has 1 unspecified atom stereocenters. The zero-order valence-electron chi connectivity index (χ0n) is 16.8. The molecule has 2 heterocycles. The Morgan fingerprint density at radius 1 is 1.04 bits per heavy atom. The van der Waals surface area contributed by atoms with Crippen LogP contribution in [0, 0.1) is 0 Å². The molecule has 0 amide bonds. The standard InChI is InChI=1S/C23H27N5/c1-17-15-19-11-7-8-12-20(19)28(17)22-16-21(24-13-14-27(2)3)25-23(26-22)18-9-5-4-6-10-18/h4-12,16-17H,13-15H2,1-3H3,(H,24,25,26). The highest BCUT2D eigenvalue weighted by Crippen LogP contribution is 2.38. The maximum absolute atomic E-state index is 4.94. The Hall–Kier alpha value is -2.92. The van der Waals surface area contributed by atoms with Crippen LogP contribution < -0.4 is 10.2 Å². The molecule has 1 N–H and O–H groups in total. The summed E-state index contributed by atoms with van der Waals surface area (Å²) in [5.74, 6) is 2.56. The second kappa shape index (κ2) is 7.98. The summed E-state index contributed by atoms with van der Waals surface area (Å²) < 4.78 is 0. The minimum absolute atomic E-state index is 0.366. The number of hydrogen-bond donors (Lipinski definition) is 1. The van der Waals surface area contributed by atoms with Gasteiger partial charge in [0.25, 0.3) is 0 Å². The summed E-state index contributed by atoms with van der Waals surface area (Å²) in [4.78, 5) is 14.2. The topological polar surface area (TPSA) is 44.3 Å². The molecule has 28 heavy (non-hydrogen) atoms. The zero-order valence-corrected chi connectivity index (χ0v) is 16.8. The first-order chi connectivity index (χ1) is 13.6. The van der Waals surface area contributed by atoms with Crippen LogP contribution in [0.15, 0.2) is 60.7 Å².